The Labute approximate surface area is 206 Å². The normalized spacial score (nSPS) is 17.2. The Hall–Kier alpha value is -4.29. The number of carbonyl (C=O) groups excluding carboxylic acids is 2. The number of Topliss-reactive ketones (excluding diaryl/α,β-unsaturated/α-hetero) is 1. The molecule has 1 heterocycles. The summed E-state index contributed by atoms with van der Waals surface area (Å²) in [6.45, 7) is 0. The van der Waals surface area contributed by atoms with Gasteiger partial charge in [-0.2, -0.15) is 0 Å². The number of fused-ring (bicyclic) bond motifs is 1. The number of ketones is 1. The largest absolute Gasteiger partial charge is 0.507 e. The highest BCUT2D eigenvalue weighted by Crippen LogP contribution is 2.44. The van der Waals surface area contributed by atoms with Gasteiger partial charge >= 0.3 is 0 Å². The number of nitrogens with zero attached hydrogens (tertiary/aromatic N) is 1. The van der Waals surface area contributed by atoms with Crippen molar-refractivity contribution in [3.05, 3.63) is 107 Å². The van der Waals surface area contributed by atoms with Gasteiger partial charge in [0.25, 0.3) is 11.7 Å². The molecular formula is C28H20ClNO5. The number of rotatable bonds is 4. The number of methoxy groups -OCH3 is 1. The Kier molecular flexibility index (Phi) is 5.67. The van der Waals surface area contributed by atoms with Gasteiger partial charge in [0.1, 0.15) is 17.3 Å². The molecule has 1 atom stereocenters. The van der Waals surface area contributed by atoms with Gasteiger partial charge < -0.3 is 14.9 Å². The number of aromatic hydroxyl groups is 1. The van der Waals surface area contributed by atoms with E-state index in [0.717, 1.165) is 10.8 Å². The minimum absolute atomic E-state index is 0.0629. The number of hydrogen-bond acceptors (Lipinski definition) is 5. The molecular weight excluding hydrogens is 466 g/mol. The number of aliphatic hydroxyl groups is 1. The molecule has 0 bridgehead atoms. The van der Waals surface area contributed by atoms with Crippen molar-refractivity contribution in [1.29, 1.82) is 0 Å². The second-order valence-corrected chi connectivity index (χ2v) is 8.51. The Bertz CT molecular complexity index is 1500. The molecule has 4 aromatic rings. The third kappa shape index (κ3) is 3.78. The monoisotopic (exact) mass is 485 g/mol. The maximum atomic E-state index is 13.4. The fraction of sp³-hybridized carbons (Fsp3) is 0.0714. The molecule has 35 heavy (non-hydrogen) atoms. The third-order valence-electron chi connectivity index (χ3n) is 6.13. The van der Waals surface area contributed by atoms with E-state index in [4.69, 9.17) is 16.3 Å². The zero-order valence-corrected chi connectivity index (χ0v) is 19.4. The Morgan fingerprint density at radius 2 is 1.66 bits per heavy atom. The number of aliphatic hydroxyl groups excluding tert-OH is 1. The number of halogens is 1. The van der Waals surface area contributed by atoms with Crippen molar-refractivity contribution in [2.24, 2.45) is 0 Å². The van der Waals surface area contributed by atoms with Gasteiger partial charge in [-0.3, -0.25) is 14.5 Å². The van der Waals surface area contributed by atoms with Crippen molar-refractivity contribution in [3.8, 4) is 11.5 Å². The standard InChI is InChI=1S/C28H20ClNO5/c1-35-19-12-10-18(11-13-19)30-25(17-9-14-23(31)22(29)15-17)24(27(33)28(30)34)26(32)21-8-4-6-16-5-2-3-7-20(16)21/h2-15,25,31-32H,1H3/b26-24-. The highest BCUT2D eigenvalue weighted by Gasteiger charge is 2.47. The van der Waals surface area contributed by atoms with Crippen LogP contribution in [0.2, 0.25) is 5.02 Å². The van der Waals surface area contributed by atoms with Crippen molar-refractivity contribution in [2.45, 2.75) is 6.04 Å². The van der Waals surface area contributed by atoms with Gasteiger partial charge in [-0.15, -0.1) is 0 Å². The lowest BCUT2D eigenvalue weighted by atomic mass is 9.93. The number of amides is 1. The zero-order chi connectivity index (χ0) is 24.7. The summed E-state index contributed by atoms with van der Waals surface area (Å²) in [5.41, 5.74) is 1.28. The first kappa shape index (κ1) is 22.5. The Morgan fingerprint density at radius 3 is 2.37 bits per heavy atom. The summed E-state index contributed by atoms with van der Waals surface area (Å²) in [6, 6.07) is 23.0. The van der Waals surface area contributed by atoms with Crippen molar-refractivity contribution in [2.75, 3.05) is 12.0 Å². The minimum Gasteiger partial charge on any atom is -0.507 e. The summed E-state index contributed by atoms with van der Waals surface area (Å²) < 4.78 is 5.21. The van der Waals surface area contributed by atoms with Gasteiger partial charge in [-0.25, -0.2) is 0 Å². The molecule has 1 aliphatic rings. The highest BCUT2D eigenvalue weighted by molar-refractivity contribution is 6.52. The van der Waals surface area contributed by atoms with Crippen LogP contribution in [0.15, 0.2) is 90.5 Å². The molecule has 0 saturated carbocycles. The summed E-state index contributed by atoms with van der Waals surface area (Å²) in [7, 11) is 1.53. The fourth-order valence-electron chi connectivity index (χ4n) is 4.43. The average molecular weight is 486 g/mol. The van der Waals surface area contributed by atoms with Gasteiger partial charge in [0.15, 0.2) is 0 Å². The van der Waals surface area contributed by atoms with E-state index >= 15 is 0 Å². The van der Waals surface area contributed by atoms with Crippen LogP contribution in [-0.4, -0.2) is 29.0 Å². The summed E-state index contributed by atoms with van der Waals surface area (Å²) >= 11 is 6.19. The van der Waals surface area contributed by atoms with E-state index in [1.165, 1.54) is 24.1 Å². The van der Waals surface area contributed by atoms with E-state index in [0.29, 0.717) is 22.6 Å². The lowest BCUT2D eigenvalue weighted by Gasteiger charge is -2.26. The lowest BCUT2D eigenvalue weighted by Crippen LogP contribution is -2.29. The van der Waals surface area contributed by atoms with Gasteiger partial charge in [-0.05, 0) is 52.7 Å². The number of hydrogen-bond donors (Lipinski definition) is 2. The summed E-state index contributed by atoms with van der Waals surface area (Å²) in [5, 5.41) is 23.1. The highest BCUT2D eigenvalue weighted by atomic mass is 35.5. The molecule has 0 aliphatic carbocycles. The van der Waals surface area contributed by atoms with Gasteiger partial charge in [-0.1, -0.05) is 60.1 Å². The van der Waals surface area contributed by atoms with Crippen LogP contribution in [0.1, 0.15) is 17.2 Å². The Balaban J connectivity index is 1.77. The van der Waals surface area contributed by atoms with Crippen LogP contribution in [0, 0.1) is 0 Å². The number of carbonyl (C=O) groups is 2. The third-order valence-corrected chi connectivity index (χ3v) is 6.43. The van der Waals surface area contributed by atoms with Crippen molar-refractivity contribution in [1.82, 2.24) is 0 Å². The van der Waals surface area contributed by atoms with E-state index in [9.17, 15) is 19.8 Å². The fourth-order valence-corrected chi connectivity index (χ4v) is 4.62. The van der Waals surface area contributed by atoms with Crippen molar-refractivity contribution >= 4 is 45.5 Å². The van der Waals surface area contributed by atoms with E-state index in [2.05, 4.69) is 0 Å². The molecule has 4 aromatic carbocycles. The molecule has 1 aliphatic heterocycles. The molecule has 0 spiro atoms. The maximum Gasteiger partial charge on any atom is 0.300 e. The van der Waals surface area contributed by atoms with Crippen LogP contribution in [0.4, 0.5) is 5.69 Å². The molecule has 5 rings (SSSR count). The smallest absolute Gasteiger partial charge is 0.300 e. The number of phenols is 1. The second kappa shape index (κ2) is 8.81. The van der Waals surface area contributed by atoms with Crippen LogP contribution < -0.4 is 9.64 Å². The number of benzene rings is 4. The van der Waals surface area contributed by atoms with E-state index < -0.39 is 17.7 Å². The molecule has 1 fully saturated rings. The first-order valence-electron chi connectivity index (χ1n) is 10.8. The molecule has 0 radical (unpaired) electrons. The van der Waals surface area contributed by atoms with Gasteiger partial charge in [0, 0.05) is 11.3 Å². The topological polar surface area (TPSA) is 87.1 Å². The molecule has 7 heteroatoms. The molecule has 1 saturated heterocycles. The molecule has 6 nitrogen and oxygen atoms in total. The SMILES string of the molecule is COc1ccc(N2C(=O)C(=O)/C(=C(\O)c3cccc4ccccc34)C2c2ccc(O)c(Cl)c2)cc1. The molecule has 2 N–H and O–H groups in total. The maximum absolute atomic E-state index is 13.4. The Morgan fingerprint density at radius 1 is 0.943 bits per heavy atom. The number of anilines is 1. The molecule has 0 aromatic heterocycles. The minimum atomic E-state index is -0.972. The van der Waals surface area contributed by atoms with Gasteiger partial charge in [0.05, 0.1) is 23.7 Å². The predicted molar refractivity (Wildman–Crippen MR) is 135 cm³/mol. The van der Waals surface area contributed by atoms with E-state index in [-0.39, 0.29) is 22.1 Å². The summed E-state index contributed by atoms with van der Waals surface area (Å²) in [5.74, 6) is -1.44. The predicted octanol–water partition coefficient (Wildman–Crippen LogP) is 5.83. The van der Waals surface area contributed by atoms with Crippen LogP contribution in [0.5, 0.6) is 11.5 Å². The average Bonchev–Trinajstić information content (AvgIpc) is 3.15. The summed E-state index contributed by atoms with van der Waals surface area (Å²) in [4.78, 5) is 28.0. The molecule has 174 valence electrons. The second-order valence-electron chi connectivity index (χ2n) is 8.10. The van der Waals surface area contributed by atoms with Crippen molar-refractivity contribution in [3.63, 3.8) is 0 Å². The quantitative estimate of drug-likeness (QED) is 0.215. The van der Waals surface area contributed by atoms with Gasteiger partial charge in [0.2, 0.25) is 0 Å². The first-order valence-corrected chi connectivity index (χ1v) is 11.2. The van der Waals surface area contributed by atoms with Crippen LogP contribution in [0.3, 0.4) is 0 Å². The zero-order valence-electron chi connectivity index (χ0n) is 18.6. The van der Waals surface area contributed by atoms with Crippen molar-refractivity contribution < 1.29 is 24.5 Å². The van der Waals surface area contributed by atoms with Crippen LogP contribution >= 0.6 is 11.6 Å². The summed E-state index contributed by atoms with van der Waals surface area (Å²) in [6.07, 6.45) is 0. The number of phenolic OH excluding ortho intramolecular Hbond substituents is 1. The molecule has 1 unspecified atom stereocenters. The lowest BCUT2D eigenvalue weighted by molar-refractivity contribution is -0.132. The van der Waals surface area contributed by atoms with E-state index in [1.807, 2.05) is 30.3 Å². The van der Waals surface area contributed by atoms with E-state index in [1.54, 1.807) is 42.5 Å². The first-order chi connectivity index (χ1) is 16.9. The number of ether oxygens (including phenoxy) is 1. The van der Waals surface area contributed by atoms with Crippen LogP contribution in [-0.2, 0) is 9.59 Å². The van der Waals surface area contributed by atoms with Crippen LogP contribution in [0.25, 0.3) is 16.5 Å². The molecule has 1 amide bonds.